The Labute approximate surface area is 148 Å². The minimum Gasteiger partial charge on any atom is -0.398 e. The lowest BCUT2D eigenvalue weighted by Gasteiger charge is -2.10. The highest BCUT2D eigenvalue weighted by Gasteiger charge is 2.06. The SMILES string of the molecule is Nc1ccc(-c2ccccc2)cc1-c1ccc(-c2ccccc2)cc1. The summed E-state index contributed by atoms with van der Waals surface area (Å²) in [5.41, 5.74) is 14.1. The van der Waals surface area contributed by atoms with Crippen LogP contribution in [0.25, 0.3) is 33.4 Å². The van der Waals surface area contributed by atoms with E-state index >= 15 is 0 Å². The summed E-state index contributed by atoms with van der Waals surface area (Å²) in [5.74, 6) is 0. The molecule has 0 bridgehead atoms. The number of rotatable bonds is 3. The Bertz CT molecular complexity index is 971. The molecule has 0 radical (unpaired) electrons. The molecule has 0 fully saturated rings. The summed E-state index contributed by atoms with van der Waals surface area (Å²) in [7, 11) is 0. The zero-order chi connectivity index (χ0) is 17.1. The first-order valence-electron chi connectivity index (χ1n) is 8.42. The predicted molar refractivity (Wildman–Crippen MR) is 107 cm³/mol. The van der Waals surface area contributed by atoms with Gasteiger partial charge in [0, 0.05) is 11.3 Å². The molecule has 4 aromatic rings. The van der Waals surface area contributed by atoms with E-state index < -0.39 is 0 Å². The Morgan fingerprint density at radius 1 is 0.400 bits per heavy atom. The fourth-order valence-corrected chi connectivity index (χ4v) is 3.09. The van der Waals surface area contributed by atoms with E-state index in [0.29, 0.717) is 0 Å². The van der Waals surface area contributed by atoms with Crippen LogP contribution in [0.5, 0.6) is 0 Å². The summed E-state index contributed by atoms with van der Waals surface area (Å²) >= 11 is 0. The predicted octanol–water partition coefficient (Wildman–Crippen LogP) is 6.27. The average molecular weight is 321 g/mol. The lowest BCUT2D eigenvalue weighted by Crippen LogP contribution is -1.91. The molecule has 0 unspecified atom stereocenters. The highest BCUT2D eigenvalue weighted by atomic mass is 14.6. The second-order valence-electron chi connectivity index (χ2n) is 6.11. The maximum Gasteiger partial charge on any atom is 0.0394 e. The minimum absolute atomic E-state index is 0.798. The standard InChI is InChI=1S/C24H19N/c25-24-16-15-22(19-9-5-2-6-10-19)17-23(24)21-13-11-20(12-14-21)18-7-3-1-4-8-18/h1-17H,25H2. The van der Waals surface area contributed by atoms with E-state index in [2.05, 4.69) is 84.9 Å². The van der Waals surface area contributed by atoms with E-state index in [1.807, 2.05) is 18.2 Å². The molecule has 1 nitrogen and oxygen atoms in total. The fraction of sp³-hybridized carbons (Fsp3) is 0. The van der Waals surface area contributed by atoms with Crippen LogP contribution in [0, 0.1) is 0 Å². The van der Waals surface area contributed by atoms with Gasteiger partial charge in [0.15, 0.2) is 0 Å². The first kappa shape index (κ1) is 15.2. The Balaban J connectivity index is 1.72. The fourth-order valence-electron chi connectivity index (χ4n) is 3.09. The van der Waals surface area contributed by atoms with Gasteiger partial charge in [0.1, 0.15) is 0 Å². The van der Waals surface area contributed by atoms with Crippen molar-refractivity contribution in [2.24, 2.45) is 0 Å². The molecular weight excluding hydrogens is 302 g/mol. The van der Waals surface area contributed by atoms with Crippen LogP contribution in [-0.4, -0.2) is 0 Å². The van der Waals surface area contributed by atoms with E-state index in [-0.39, 0.29) is 0 Å². The third-order valence-electron chi connectivity index (χ3n) is 4.46. The van der Waals surface area contributed by atoms with Gasteiger partial charge in [-0.1, -0.05) is 91.0 Å². The number of benzene rings is 4. The molecule has 1 heteroatoms. The van der Waals surface area contributed by atoms with Crippen LogP contribution < -0.4 is 5.73 Å². The first-order valence-corrected chi connectivity index (χ1v) is 8.42. The smallest absolute Gasteiger partial charge is 0.0394 e. The molecule has 4 aromatic carbocycles. The van der Waals surface area contributed by atoms with Crippen LogP contribution in [0.2, 0.25) is 0 Å². The molecule has 120 valence electrons. The maximum atomic E-state index is 6.25. The Morgan fingerprint density at radius 3 is 1.44 bits per heavy atom. The van der Waals surface area contributed by atoms with Gasteiger partial charge < -0.3 is 5.73 Å². The Hall–Kier alpha value is -3.32. The van der Waals surface area contributed by atoms with Crippen LogP contribution in [0.4, 0.5) is 5.69 Å². The van der Waals surface area contributed by atoms with E-state index in [4.69, 9.17) is 5.73 Å². The summed E-state index contributed by atoms with van der Waals surface area (Å²) in [6.45, 7) is 0. The van der Waals surface area contributed by atoms with Gasteiger partial charge in [0.25, 0.3) is 0 Å². The average Bonchev–Trinajstić information content (AvgIpc) is 2.70. The quantitative estimate of drug-likeness (QED) is 0.442. The van der Waals surface area contributed by atoms with Crippen LogP contribution in [0.1, 0.15) is 0 Å². The van der Waals surface area contributed by atoms with Crippen molar-refractivity contribution in [3.63, 3.8) is 0 Å². The van der Waals surface area contributed by atoms with Crippen molar-refractivity contribution in [3.05, 3.63) is 103 Å². The zero-order valence-corrected chi connectivity index (χ0v) is 13.9. The van der Waals surface area contributed by atoms with Gasteiger partial charge in [-0.2, -0.15) is 0 Å². The van der Waals surface area contributed by atoms with Crippen LogP contribution in [0.15, 0.2) is 103 Å². The number of anilines is 1. The molecule has 4 rings (SSSR count). The number of nitrogens with two attached hydrogens (primary N) is 1. The Kier molecular flexibility index (Phi) is 4.05. The van der Waals surface area contributed by atoms with Crippen molar-refractivity contribution in [2.75, 3.05) is 5.73 Å². The lowest BCUT2D eigenvalue weighted by molar-refractivity contribution is 1.57. The number of hydrogen-bond donors (Lipinski definition) is 1. The van der Waals surface area contributed by atoms with Gasteiger partial charge in [-0.15, -0.1) is 0 Å². The molecule has 0 spiro atoms. The van der Waals surface area contributed by atoms with Crippen LogP contribution in [0.3, 0.4) is 0 Å². The molecule has 0 amide bonds. The molecular formula is C24H19N. The van der Waals surface area contributed by atoms with Gasteiger partial charge in [-0.05, 0) is 39.9 Å². The van der Waals surface area contributed by atoms with Gasteiger partial charge in [-0.25, -0.2) is 0 Å². The third kappa shape index (κ3) is 3.17. The largest absolute Gasteiger partial charge is 0.398 e. The van der Waals surface area contributed by atoms with E-state index in [9.17, 15) is 0 Å². The van der Waals surface area contributed by atoms with Crippen molar-refractivity contribution >= 4 is 5.69 Å². The summed E-state index contributed by atoms with van der Waals surface area (Å²) in [4.78, 5) is 0. The summed E-state index contributed by atoms with van der Waals surface area (Å²) < 4.78 is 0. The molecule has 0 aliphatic rings. The van der Waals surface area contributed by atoms with Gasteiger partial charge in [0.2, 0.25) is 0 Å². The molecule has 25 heavy (non-hydrogen) atoms. The van der Waals surface area contributed by atoms with Gasteiger partial charge in [-0.3, -0.25) is 0 Å². The molecule has 0 aliphatic carbocycles. The summed E-state index contributed by atoms with van der Waals surface area (Å²) in [5, 5.41) is 0. The molecule has 0 saturated heterocycles. The molecule has 0 heterocycles. The van der Waals surface area contributed by atoms with Crippen LogP contribution >= 0.6 is 0 Å². The van der Waals surface area contributed by atoms with E-state index in [1.54, 1.807) is 0 Å². The zero-order valence-electron chi connectivity index (χ0n) is 13.9. The van der Waals surface area contributed by atoms with Gasteiger partial charge >= 0.3 is 0 Å². The second-order valence-corrected chi connectivity index (χ2v) is 6.11. The normalized spacial score (nSPS) is 10.6. The highest BCUT2D eigenvalue weighted by molar-refractivity contribution is 5.82. The lowest BCUT2D eigenvalue weighted by atomic mass is 9.96. The van der Waals surface area contributed by atoms with Crippen molar-refractivity contribution in [3.8, 4) is 33.4 Å². The topological polar surface area (TPSA) is 26.0 Å². The van der Waals surface area contributed by atoms with Crippen molar-refractivity contribution < 1.29 is 0 Å². The van der Waals surface area contributed by atoms with Gasteiger partial charge in [0.05, 0.1) is 0 Å². The molecule has 0 aliphatic heterocycles. The van der Waals surface area contributed by atoms with E-state index in [1.165, 1.54) is 22.3 Å². The Morgan fingerprint density at radius 2 is 0.840 bits per heavy atom. The second kappa shape index (κ2) is 6.66. The monoisotopic (exact) mass is 321 g/mol. The first-order chi connectivity index (χ1) is 12.3. The molecule has 2 N–H and O–H groups in total. The van der Waals surface area contributed by atoms with E-state index in [0.717, 1.165) is 16.8 Å². The molecule has 0 aromatic heterocycles. The van der Waals surface area contributed by atoms with Crippen molar-refractivity contribution in [1.29, 1.82) is 0 Å². The summed E-state index contributed by atoms with van der Waals surface area (Å²) in [6, 6.07) is 35.6. The van der Waals surface area contributed by atoms with Crippen molar-refractivity contribution in [1.82, 2.24) is 0 Å². The third-order valence-corrected chi connectivity index (χ3v) is 4.46. The van der Waals surface area contributed by atoms with Crippen molar-refractivity contribution in [2.45, 2.75) is 0 Å². The number of nitrogen functional groups attached to an aromatic ring is 1. The molecule has 0 atom stereocenters. The highest BCUT2D eigenvalue weighted by Crippen LogP contribution is 2.32. The minimum atomic E-state index is 0.798. The summed E-state index contributed by atoms with van der Waals surface area (Å²) in [6.07, 6.45) is 0. The molecule has 0 saturated carbocycles. The maximum absolute atomic E-state index is 6.25. The van der Waals surface area contributed by atoms with Crippen LogP contribution in [-0.2, 0) is 0 Å². The number of hydrogen-bond acceptors (Lipinski definition) is 1.